The van der Waals surface area contributed by atoms with E-state index in [0.29, 0.717) is 11.6 Å². The van der Waals surface area contributed by atoms with Crippen molar-refractivity contribution in [1.82, 2.24) is 4.98 Å². The number of benzene rings is 1. The van der Waals surface area contributed by atoms with Gasteiger partial charge in [0, 0.05) is 10.6 Å². The number of nitrogens with one attached hydrogen (secondary N) is 2. The Morgan fingerprint density at radius 1 is 1.38 bits per heavy atom. The van der Waals surface area contributed by atoms with Crippen LogP contribution >= 0.6 is 27.3 Å². The lowest BCUT2D eigenvalue weighted by Gasteiger charge is -2.24. The molecule has 1 aromatic carbocycles. The zero-order chi connectivity index (χ0) is 14.4. The standard InChI is InChI=1S/C15H13BrN2O2S/c16-14-7-9-10(2-1-3-13(9)21-14)17-8-4-5-12-11(6-8)18-15(19)20-12/h4-7,10,17H,1-3H2,(H,18,19). The molecule has 0 bridgehead atoms. The zero-order valence-corrected chi connectivity index (χ0v) is 13.5. The number of fused-ring (bicyclic) bond motifs is 2. The maximum atomic E-state index is 11.2. The van der Waals surface area contributed by atoms with Gasteiger partial charge in [-0.2, -0.15) is 0 Å². The molecule has 2 aromatic heterocycles. The molecule has 0 radical (unpaired) electrons. The Hall–Kier alpha value is -1.53. The highest BCUT2D eigenvalue weighted by molar-refractivity contribution is 9.11. The van der Waals surface area contributed by atoms with Crippen molar-refractivity contribution in [1.29, 1.82) is 0 Å². The van der Waals surface area contributed by atoms with Crippen LogP contribution in [0.3, 0.4) is 0 Å². The number of oxazole rings is 1. The third kappa shape index (κ3) is 2.42. The lowest BCUT2D eigenvalue weighted by molar-refractivity contribution is 0.555. The first-order valence-corrected chi connectivity index (χ1v) is 8.47. The van der Waals surface area contributed by atoms with Gasteiger partial charge in [-0.1, -0.05) is 0 Å². The molecule has 6 heteroatoms. The van der Waals surface area contributed by atoms with Crippen molar-refractivity contribution in [2.45, 2.75) is 25.3 Å². The van der Waals surface area contributed by atoms with E-state index in [9.17, 15) is 4.79 Å². The van der Waals surface area contributed by atoms with E-state index < -0.39 is 5.76 Å². The van der Waals surface area contributed by atoms with Gasteiger partial charge in [0.15, 0.2) is 5.58 Å². The molecule has 0 amide bonds. The number of aromatic amines is 1. The predicted octanol–water partition coefficient (Wildman–Crippen LogP) is 4.43. The SMILES string of the molecule is O=c1[nH]c2cc(NC3CCCc4sc(Br)cc43)ccc2o1. The van der Waals surface area contributed by atoms with Crippen LogP contribution in [0.5, 0.6) is 0 Å². The van der Waals surface area contributed by atoms with E-state index in [1.807, 2.05) is 29.5 Å². The van der Waals surface area contributed by atoms with Crippen molar-refractivity contribution in [2.75, 3.05) is 5.32 Å². The maximum Gasteiger partial charge on any atom is 0.417 e. The Labute approximate surface area is 133 Å². The van der Waals surface area contributed by atoms with Crippen LogP contribution in [0.25, 0.3) is 11.1 Å². The minimum absolute atomic E-state index is 0.326. The van der Waals surface area contributed by atoms with E-state index in [4.69, 9.17) is 4.42 Å². The lowest BCUT2D eigenvalue weighted by atomic mass is 9.94. The summed E-state index contributed by atoms with van der Waals surface area (Å²) in [5, 5.41) is 3.57. The normalized spacial score (nSPS) is 17.9. The molecular weight excluding hydrogens is 352 g/mol. The molecule has 21 heavy (non-hydrogen) atoms. The van der Waals surface area contributed by atoms with Gasteiger partial charge in [-0.15, -0.1) is 11.3 Å². The lowest BCUT2D eigenvalue weighted by Crippen LogP contribution is -2.15. The Morgan fingerprint density at radius 2 is 2.29 bits per heavy atom. The van der Waals surface area contributed by atoms with E-state index >= 15 is 0 Å². The molecule has 0 fully saturated rings. The smallest absolute Gasteiger partial charge is 0.408 e. The van der Waals surface area contributed by atoms with Crippen LogP contribution in [0.1, 0.15) is 29.3 Å². The molecule has 0 spiro atoms. The molecule has 1 unspecified atom stereocenters. The second kappa shape index (κ2) is 5.03. The highest BCUT2D eigenvalue weighted by Gasteiger charge is 2.22. The van der Waals surface area contributed by atoms with Gasteiger partial charge in [0.25, 0.3) is 0 Å². The minimum Gasteiger partial charge on any atom is -0.408 e. The molecule has 2 heterocycles. The van der Waals surface area contributed by atoms with Crippen LogP contribution in [0.15, 0.2) is 37.3 Å². The van der Waals surface area contributed by atoms with E-state index in [1.165, 1.54) is 20.6 Å². The summed E-state index contributed by atoms with van der Waals surface area (Å²) >= 11 is 5.40. The number of anilines is 1. The van der Waals surface area contributed by atoms with Gasteiger partial charge in [-0.3, -0.25) is 4.98 Å². The molecule has 1 aliphatic carbocycles. The van der Waals surface area contributed by atoms with Crippen LogP contribution in [-0.2, 0) is 6.42 Å². The van der Waals surface area contributed by atoms with Crippen LogP contribution in [0, 0.1) is 0 Å². The Morgan fingerprint density at radius 3 is 3.19 bits per heavy atom. The third-order valence-electron chi connectivity index (χ3n) is 3.84. The fourth-order valence-electron chi connectivity index (χ4n) is 2.91. The molecule has 3 aromatic rings. The average molecular weight is 365 g/mol. The summed E-state index contributed by atoms with van der Waals surface area (Å²) < 4.78 is 6.22. The summed E-state index contributed by atoms with van der Waals surface area (Å²) in [5.74, 6) is -0.413. The first-order chi connectivity index (χ1) is 10.2. The summed E-state index contributed by atoms with van der Waals surface area (Å²) in [6, 6.07) is 8.25. The summed E-state index contributed by atoms with van der Waals surface area (Å²) in [6.07, 6.45) is 3.48. The van der Waals surface area contributed by atoms with Gasteiger partial charge >= 0.3 is 5.76 Å². The fourth-order valence-corrected chi connectivity index (χ4v) is 4.73. The Bertz CT molecular complexity index is 864. The molecule has 0 aliphatic heterocycles. The number of hydrogen-bond acceptors (Lipinski definition) is 4. The number of rotatable bonds is 2. The van der Waals surface area contributed by atoms with Crippen LogP contribution < -0.4 is 11.1 Å². The van der Waals surface area contributed by atoms with E-state index in [1.54, 1.807) is 0 Å². The van der Waals surface area contributed by atoms with Crippen molar-refractivity contribution in [3.8, 4) is 0 Å². The number of H-pyrrole nitrogens is 1. The largest absolute Gasteiger partial charge is 0.417 e. The summed E-state index contributed by atoms with van der Waals surface area (Å²) in [5.41, 5.74) is 3.71. The summed E-state index contributed by atoms with van der Waals surface area (Å²) in [7, 11) is 0. The number of hydrogen-bond donors (Lipinski definition) is 2. The Kier molecular flexibility index (Phi) is 3.15. The summed E-state index contributed by atoms with van der Waals surface area (Å²) in [4.78, 5) is 15.4. The van der Waals surface area contributed by atoms with Gasteiger partial charge in [-0.25, -0.2) is 4.79 Å². The van der Waals surface area contributed by atoms with Gasteiger partial charge in [0.2, 0.25) is 0 Å². The van der Waals surface area contributed by atoms with Crippen molar-refractivity contribution in [3.05, 3.63) is 49.0 Å². The number of aromatic nitrogens is 1. The highest BCUT2D eigenvalue weighted by Crippen LogP contribution is 2.39. The van der Waals surface area contributed by atoms with Gasteiger partial charge < -0.3 is 9.73 Å². The van der Waals surface area contributed by atoms with Crippen LogP contribution in [0.4, 0.5) is 5.69 Å². The van der Waals surface area contributed by atoms with Gasteiger partial charge in [0.05, 0.1) is 15.3 Å². The predicted molar refractivity (Wildman–Crippen MR) is 88.2 cm³/mol. The third-order valence-corrected chi connectivity index (χ3v) is 5.56. The van der Waals surface area contributed by atoms with Crippen molar-refractivity contribution < 1.29 is 4.42 Å². The van der Waals surface area contributed by atoms with E-state index in [-0.39, 0.29) is 0 Å². The van der Waals surface area contributed by atoms with Crippen LogP contribution in [0.2, 0.25) is 0 Å². The molecule has 2 N–H and O–H groups in total. The molecule has 1 aliphatic rings. The molecule has 108 valence electrons. The molecule has 0 saturated carbocycles. The average Bonchev–Trinajstić information content (AvgIpc) is 2.99. The fraction of sp³-hybridized carbons (Fsp3) is 0.267. The topological polar surface area (TPSA) is 58.0 Å². The van der Waals surface area contributed by atoms with Crippen molar-refractivity contribution in [2.24, 2.45) is 0 Å². The first kappa shape index (κ1) is 13.2. The van der Waals surface area contributed by atoms with Gasteiger partial charge in [0.1, 0.15) is 0 Å². The monoisotopic (exact) mass is 364 g/mol. The minimum atomic E-state index is -0.413. The molecule has 4 rings (SSSR count). The molecular formula is C15H13BrN2O2S. The zero-order valence-electron chi connectivity index (χ0n) is 11.1. The summed E-state index contributed by atoms with van der Waals surface area (Å²) in [6.45, 7) is 0. The molecule has 1 atom stereocenters. The van der Waals surface area contributed by atoms with E-state index in [2.05, 4.69) is 32.3 Å². The van der Waals surface area contributed by atoms with E-state index in [0.717, 1.165) is 24.0 Å². The number of thiophene rings is 1. The first-order valence-electron chi connectivity index (χ1n) is 6.86. The van der Waals surface area contributed by atoms with Crippen molar-refractivity contribution >= 4 is 44.1 Å². The number of halogens is 1. The van der Waals surface area contributed by atoms with Gasteiger partial charge in [-0.05, 0) is 65.0 Å². The molecule has 4 nitrogen and oxygen atoms in total. The highest BCUT2D eigenvalue weighted by atomic mass is 79.9. The quantitative estimate of drug-likeness (QED) is 0.706. The maximum absolute atomic E-state index is 11.2. The number of aryl methyl sites for hydroxylation is 1. The van der Waals surface area contributed by atoms with Crippen molar-refractivity contribution in [3.63, 3.8) is 0 Å². The van der Waals surface area contributed by atoms with Crippen LogP contribution in [-0.4, -0.2) is 4.98 Å². The molecule has 0 saturated heterocycles. The second-order valence-electron chi connectivity index (χ2n) is 5.24. The second-order valence-corrected chi connectivity index (χ2v) is 7.76. The Balaban J connectivity index is 1.67.